The Bertz CT molecular complexity index is 1500. The molecule has 2 heterocycles. The molecule has 9 nitrogen and oxygen atoms in total. The van der Waals surface area contributed by atoms with Gasteiger partial charge in [-0.1, -0.05) is 30.3 Å². The minimum atomic E-state index is -0.904. The van der Waals surface area contributed by atoms with E-state index in [0.29, 0.717) is 46.4 Å². The predicted octanol–water partition coefficient (Wildman–Crippen LogP) is 5.41. The first-order valence-electron chi connectivity index (χ1n) is 13.6. The number of hydrogen-bond acceptors (Lipinski definition) is 7. The van der Waals surface area contributed by atoms with E-state index in [1.165, 1.54) is 0 Å². The number of nitrogens with zero attached hydrogens (tertiary/aromatic N) is 4. The van der Waals surface area contributed by atoms with Gasteiger partial charge in [-0.2, -0.15) is 0 Å². The Balaban J connectivity index is 1.27. The van der Waals surface area contributed by atoms with Crippen molar-refractivity contribution in [2.45, 2.75) is 25.7 Å². The van der Waals surface area contributed by atoms with Crippen LogP contribution in [0.5, 0.6) is 11.5 Å². The molecular formula is C32H33N5O4. The standard InChI is InChI=1S/C32H33N5O4/c1-36(2)30-27(21-29(38)39)31(37-18-6-7-19-37)35-28(34-30)20-22-10-14-24(15-11-22)33-32(40)23-12-16-26(17-13-23)41-25-8-4-3-5-9-25/h3-5,8-17H,6-7,18-21H2,1-2H3,(H,33,40)(H,38,39). The van der Waals surface area contributed by atoms with Crippen molar-refractivity contribution in [3.05, 3.63) is 101 Å². The van der Waals surface area contributed by atoms with Crippen molar-refractivity contribution in [1.82, 2.24) is 9.97 Å². The maximum Gasteiger partial charge on any atom is 0.308 e. The van der Waals surface area contributed by atoms with Gasteiger partial charge in [0.15, 0.2) is 0 Å². The predicted molar refractivity (Wildman–Crippen MR) is 159 cm³/mol. The number of para-hydroxylation sites is 1. The van der Waals surface area contributed by atoms with Gasteiger partial charge < -0.3 is 25.0 Å². The van der Waals surface area contributed by atoms with Gasteiger partial charge in [-0.3, -0.25) is 9.59 Å². The van der Waals surface area contributed by atoms with Crippen LogP contribution in [-0.4, -0.2) is 54.1 Å². The number of hydrogen-bond donors (Lipinski definition) is 2. The van der Waals surface area contributed by atoms with Crippen molar-refractivity contribution in [3.63, 3.8) is 0 Å². The van der Waals surface area contributed by atoms with Gasteiger partial charge in [0.2, 0.25) is 0 Å². The van der Waals surface area contributed by atoms with Crippen LogP contribution >= 0.6 is 0 Å². The number of nitrogens with one attached hydrogen (secondary N) is 1. The molecule has 41 heavy (non-hydrogen) atoms. The van der Waals surface area contributed by atoms with Gasteiger partial charge in [0.1, 0.15) is 29.0 Å². The van der Waals surface area contributed by atoms with Crippen LogP contribution in [0.3, 0.4) is 0 Å². The number of benzene rings is 3. The first-order valence-corrected chi connectivity index (χ1v) is 13.6. The second-order valence-corrected chi connectivity index (χ2v) is 10.2. The molecule has 5 rings (SSSR count). The number of aromatic nitrogens is 2. The van der Waals surface area contributed by atoms with Gasteiger partial charge in [-0.15, -0.1) is 0 Å². The molecule has 0 bridgehead atoms. The van der Waals surface area contributed by atoms with E-state index in [1.807, 2.05) is 73.6 Å². The molecule has 210 valence electrons. The van der Waals surface area contributed by atoms with E-state index in [1.54, 1.807) is 24.3 Å². The molecular weight excluding hydrogens is 518 g/mol. The molecule has 2 N–H and O–H groups in total. The van der Waals surface area contributed by atoms with Crippen LogP contribution in [0.4, 0.5) is 17.3 Å². The summed E-state index contributed by atoms with van der Waals surface area (Å²) in [5, 5.41) is 12.5. The van der Waals surface area contributed by atoms with E-state index < -0.39 is 5.97 Å². The van der Waals surface area contributed by atoms with Crippen molar-refractivity contribution in [3.8, 4) is 11.5 Å². The largest absolute Gasteiger partial charge is 0.481 e. The molecule has 9 heteroatoms. The lowest BCUT2D eigenvalue weighted by atomic mass is 10.1. The van der Waals surface area contributed by atoms with Gasteiger partial charge >= 0.3 is 5.97 Å². The highest BCUT2D eigenvalue weighted by atomic mass is 16.5. The molecule has 3 aromatic carbocycles. The van der Waals surface area contributed by atoms with Crippen molar-refractivity contribution in [2.24, 2.45) is 0 Å². The third-order valence-corrected chi connectivity index (χ3v) is 6.84. The fraction of sp³-hybridized carbons (Fsp3) is 0.250. The van der Waals surface area contributed by atoms with E-state index >= 15 is 0 Å². The van der Waals surface area contributed by atoms with Crippen LogP contribution in [0.15, 0.2) is 78.9 Å². The van der Waals surface area contributed by atoms with Crippen LogP contribution in [0.25, 0.3) is 0 Å². The quantitative estimate of drug-likeness (QED) is 0.270. The molecule has 4 aromatic rings. The first kappa shape index (κ1) is 27.6. The average Bonchev–Trinajstić information content (AvgIpc) is 3.50. The molecule has 0 spiro atoms. The Labute approximate surface area is 239 Å². The normalized spacial score (nSPS) is 12.7. The molecule has 0 atom stereocenters. The minimum Gasteiger partial charge on any atom is -0.481 e. The van der Waals surface area contributed by atoms with Crippen LogP contribution < -0.4 is 19.9 Å². The summed E-state index contributed by atoms with van der Waals surface area (Å²) in [6, 6.07) is 24.1. The molecule has 0 aliphatic carbocycles. The first-order chi connectivity index (χ1) is 19.9. The van der Waals surface area contributed by atoms with Crippen LogP contribution in [0.1, 0.15) is 40.2 Å². The maximum absolute atomic E-state index is 12.8. The number of rotatable bonds is 10. The van der Waals surface area contributed by atoms with E-state index in [0.717, 1.165) is 37.2 Å². The van der Waals surface area contributed by atoms with Crippen molar-refractivity contribution in [1.29, 1.82) is 0 Å². The van der Waals surface area contributed by atoms with Gasteiger partial charge in [0.05, 0.1) is 6.42 Å². The highest BCUT2D eigenvalue weighted by molar-refractivity contribution is 6.04. The van der Waals surface area contributed by atoms with Gasteiger partial charge in [-0.05, 0) is 66.9 Å². The number of ether oxygens (including phenoxy) is 1. The third kappa shape index (κ3) is 7.00. The molecule has 1 amide bonds. The van der Waals surface area contributed by atoms with Crippen LogP contribution in [0, 0.1) is 0 Å². The number of carbonyl (C=O) groups is 2. The summed E-state index contributed by atoms with van der Waals surface area (Å²) in [6.07, 6.45) is 2.47. The summed E-state index contributed by atoms with van der Waals surface area (Å²) >= 11 is 0. The lowest BCUT2D eigenvalue weighted by Crippen LogP contribution is -2.26. The van der Waals surface area contributed by atoms with E-state index in [4.69, 9.17) is 14.7 Å². The smallest absolute Gasteiger partial charge is 0.308 e. The Morgan fingerprint density at radius 2 is 1.56 bits per heavy atom. The summed E-state index contributed by atoms with van der Waals surface area (Å²) in [5.41, 5.74) is 2.82. The Kier molecular flexibility index (Phi) is 8.43. The summed E-state index contributed by atoms with van der Waals surface area (Å²) in [6.45, 7) is 1.71. The summed E-state index contributed by atoms with van der Waals surface area (Å²) in [4.78, 5) is 38.0. The van der Waals surface area contributed by atoms with Gasteiger partial charge in [0, 0.05) is 50.4 Å². The zero-order valence-electron chi connectivity index (χ0n) is 23.2. The fourth-order valence-corrected chi connectivity index (χ4v) is 4.84. The topological polar surface area (TPSA) is 108 Å². The maximum atomic E-state index is 12.8. The second kappa shape index (κ2) is 12.5. The van der Waals surface area contributed by atoms with E-state index in [9.17, 15) is 14.7 Å². The van der Waals surface area contributed by atoms with Crippen molar-refractivity contribution >= 4 is 29.2 Å². The molecule has 0 saturated carbocycles. The number of carboxylic acid groups (broad SMARTS) is 1. The number of aliphatic carboxylic acids is 1. The average molecular weight is 552 g/mol. The second-order valence-electron chi connectivity index (χ2n) is 10.2. The molecule has 1 aliphatic heterocycles. The summed E-state index contributed by atoms with van der Waals surface area (Å²) in [5.74, 6) is 2.23. The lowest BCUT2D eigenvalue weighted by molar-refractivity contribution is -0.136. The SMILES string of the molecule is CN(C)c1nc(Cc2ccc(NC(=O)c3ccc(Oc4ccccc4)cc3)cc2)nc(N2CCCC2)c1CC(=O)O. The number of carbonyl (C=O) groups excluding carboxylic acids is 1. The van der Waals surface area contributed by atoms with Gasteiger partial charge in [-0.25, -0.2) is 9.97 Å². The minimum absolute atomic E-state index is 0.128. The lowest BCUT2D eigenvalue weighted by Gasteiger charge is -2.24. The zero-order chi connectivity index (χ0) is 28.8. The molecule has 1 fully saturated rings. The van der Waals surface area contributed by atoms with Crippen LogP contribution in [0.2, 0.25) is 0 Å². The highest BCUT2D eigenvalue weighted by Gasteiger charge is 2.24. The monoisotopic (exact) mass is 551 g/mol. The van der Waals surface area contributed by atoms with Crippen molar-refractivity contribution in [2.75, 3.05) is 42.3 Å². The number of amides is 1. The van der Waals surface area contributed by atoms with Crippen LogP contribution in [-0.2, 0) is 17.6 Å². The van der Waals surface area contributed by atoms with E-state index in [-0.39, 0.29) is 12.3 Å². The number of anilines is 3. The Hall–Kier alpha value is -4.92. The Morgan fingerprint density at radius 1 is 0.902 bits per heavy atom. The van der Waals surface area contributed by atoms with E-state index in [2.05, 4.69) is 10.2 Å². The van der Waals surface area contributed by atoms with Gasteiger partial charge in [0.25, 0.3) is 5.91 Å². The third-order valence-electron chi connectivity index (χ3n) is 6.84. The fourth-order valence-electron chi connectivity index (χ4n) is 4.84. The Morgan fingerprint density at radius 3 is 2.20 bits per heavy atom. The number of carboxylic acids is 1. The zero-order valence-corrected chi connectivity index (χ0v) is 23.2. The van der Waals surface area contributed by atoms with Crippen molar-refractivity contribution < 1.29 is 19.4 Å². The molecule has 1 aromatic heterocycles. The molecule has 1 saturated heterocycles. The summed E-state index contributed by atoms with van der Waals surface area (Å²) < 4.78 is 5.80. The molecule has 0 radical (unpaired) electrons. The molecule has 1 aliphatic rings. The molecule has 0 unspecified atom stereocenters. The summed E-state index contributed by atoms with van der Waals surface area (Å²) in [7, 11) is 3.74. The highest BCUT2D eigenvalue weighted by Crippen LogP contribution is 2.30.